The molecule has 26 heavy (non-hydrogen) atoms. The number of carbonyl (C=O) groups excluding carboxylic acids is 2. The number of halogens is 1. The highest BCUT2D eigenvalue weighted by Gasteiger charge is 2.39. The molecule has 3 fully saturated rings. The van der Waals surface area contributed by atoms with Crippen molar-refractivity contribution in [2.45, 2.75) is 18.9 Å². The topological polar surface area (TPSA) is 79.3 Å². The van der Waals surface area contributed by atoms with Crippen molar-refractivity contribution in [3.05, 3.63) is 54.1 Å². The molecule has 0 aromatic carbocycles. The zero-order valence-corrected chi connectivity index (χ0v) is 14.1. The average molecular weight is 355 g/mol. The minimum atomic E-state index is -0.532. The molecule has 2 bridgehead atoms. The van der Waals surface area contributed by atoms with Gasteiger partial charge in [-0.1, -0.05) is 0 Å². The van der Waals surface area contributed by atoms with Crippen LogP contribution < -0.4 is 0 Å². The van der Waals surface area contributed by atoms with E-state index in [1.165, 1.54) is 30.9 Å². The summed E-state index contributed by atoms with van der Waals surface area (Å²) in [6.45, 7) is 1.59. The van der Waals surface area contributed by atoms with Crippen LogP contribution in [-0.4, -0.2) is 62.2 Å². The lowest BCUT2D eigenvalue weighted by Gasteiger charge is -2.36. The van der Waals surface area contributed by atoms with Gasteiger partial charge in [-0.15, -0.1) is 0 Å². The number of piperidine rings is 1. The van der Waals surface area contributed by atoms with Crippen LogP contribution in [0.2, 0.25) is 0 Å². The van der Waals surface area contributed by atoms with Gasteiger partial charge in [0.05, 0.1) is 18.0 Å². The number of nitrogens with zero attached hydrogens (tertiary/aromatic N) is 5. The second-order valence-corrected chi connectivity index (χ2v) is 6.75. The van der Waals surface area contributed by atoms with E-state index in [0.717, 1.165) is 19.0 Å². The monoisotopic (exact) mass is 355 g/mol. The predicted molar refractivity (Wildman–Crippen MR) is 89.7 cm³/mol. The van der Waals surface area contributed by atoms with Crippen LogP contribution in [0.25, 0.3) is 0 Å². The Balaban J connectivity index is 1.55. The Hall–Kier alpha value is -2.90. The summed E-state index contributed by atoms with van der Waals surface area (Å²) in [6.07, 6.45) is 8.71. The maximum atomic E-state index is 13.4. The van der Waals surface area contributed by atoms with Gasteiger partial charge in [0.25, 0.3) is 11.8 Å². The van der Waals surface area contributed by atoms with E-state index in [1.807, 2.05) is 0 Å². The van der Waals surface area contributed by atoms with Crippen molar-refractivity contribution in [2.24, 2.45) is 5.92 Å². The van der Waals surface area contributed by atoms with Crippen LogP contribution in [0.1, 0.15) is 33.7 Å². The Labute approximate surface area is 149 Å². The standard InChI is InChI=1S/C18H18FN5O2/c19-14-5-13(6-21-7-14)17(25)24-10-12-1-2-15(24)11-23(9-12)18(26)16-8-20-3-4-22-16/h3-8,12,15H,1-2,9-11H2/t12-,15+/m0/s1. The number of hydrogen-bond donors (Lipinski definition) is 0. The number of pyridine rings is 1. The normalized spacial score (nSPS) is 22.2. The lowest BCUT2D eigenvalue weighted by molar-refractivity contribution is 0.0573. The molecular weight excluding hydrogens is 337 g/mol. The van der Waals surface area contributed by atoms with Crippen molar-refractivity contribution < 1.29 is 14.0 Å². The molecular formula is C18H18FN5O2. The molecule has 0 unspecified atom stereocenters. The van der Waals surface area contributed by atoms with Gasteiger partial charge in [0, 0.05) is 44.3 Å². The highest BCUT2D eigenvalue weighted by Crippen LogP contribution is 2.29. The van der Waals surface area contributed by atoms with E-state index in [4.69, 9.17) is 0 Å². The quantitative estimate of drug-likeness (QED) is 0.813. The number of rotatable bonds is 2. The van der Waals surface area contributed by atoms with Crippen LogP contribution in [-0.2, 0) is 0 Å². The van der Waals surface area contributed by atoms with Crippen molar-refractivity contribution in [1.29, 1.82) is 0 Å². The molecule has 0 spiro atoms. The minimum absolute atomic E-state index is 0.0925. The molecule has 3 aliphatic rings. The number of aromatic nitrogens is 3. The third-order valence-electron chi connectivity index (χ3n) is 5.00. The number of hydrogen-bond acceptors (Lipinski definition) is 5. The van der Waals surface area contributed by atoms with Crippen LogP contribution in [0.4, 0.5) is 4.39 Å². The second-order valence-electron chi connectivity index (χ2n) is 6.75. The first-order valence-electron chi connectivity index (χ1n) is 8.58. The molecule has 8 heteroatoms. The van der Waals surface area contributed by atoms with E-state index < -0.39 is 5.82 Å². The smallest absolute Gasteiger partial charge is 0.274 e. The van der Waals surface area contributed by atoms with Gasteiger partial charge in [-0.25, -0.2) is 9.37 Å². The summed E-state index contributed by atoms with van der Waals surface area (Å²) < 4.78 is 13.4. The van der Waals surface area contributed by atoms with E-state index in [-0.39, 0.29) is 29.3 Å². The van der Waals surface area contributed by atoms with E-state index in [9.17, 15) is 14.0 Å². The molecule has 0 N–H and O–H groups in total. The van der Waals surface area contributed by atoms with Crippen LogP contribution in [0.5, 0.6) is 0 Å². The molecule has 3 aliphatic heterocycles. The van der Waals surface area contributed by atoms with Crippen LogP contribution >= 0.6 is 0 Å². The third-order valence-corrected chi connectivity index (χ3v) is 5.00. The summed E-state index contributed by atoms with van der Waals surface area (Å²) in [5.74, 6) is -0.743. The molecule has 2 aromatic heterocycles. The first-order chi connectivity index (χ1) is 12.6. The maximum Gasteiger partial charge on any atom is 0.274 e. The van der Waals surface area contributed by atoms with Gasteiger partial charge in [0.1, 0.15) is 11.5 Å². The van der Waals surface area contributed by atoms with E-state index in [2.05, 4.69) is 15.0 Å². The predicted octanol–water partition coefficient (Wildman–Crippen LogP) is 1.39. The molecule has 134 valence electrons. The molecule has 5 rings (SSSR count). The molecule has 2 aromatic rings. The summed E-state index contributed by atoms with van der Waals surface area (Å²) in [4.78, 5) is 40.9. The van der Waals surface area contributed by atoms with Gasteiger partial charge in [0.2, 0.25) is 0 Å². The SMILES string of the molecule is O=C(c1cnccn1)N1C[C@@H]2CC[C@H](C1)N(C(=O)c1cncc(F)c1)C2. The van der Waals surface area contributed by atoms with E-state index >= 15 is 0 Å². The number of fused-ring (bicyclic) bond motifs is 4. The van der Waals surface area contributed by atoms with Gasteiger partial charge in [-0.3, -0.25) is 19.6 Å². The molecule has 0 saturated carbocycles. The second kappa shape index (κ2) is 6.78. The highest BCUT2D eigenvalue weighted by atomic mass is 19.1. The Morgan fingerprint density at radius 1 is 1.00 bits per heavy atom. The van der Waals surface area contributed by atoms with Gasteiger partial charge in [-0.2, -0.15) is 0 Å². The Bertz CT molecular complexity index is 831. The lowest BCUT2D eigenvalue weighted by Crippen LogP contribution is -2.47. The van der Waals surface area contributed by atoms with Crippen LogP contribution in [0.15, 0.2) is 37.1 Å². The van der Waals surface area contributed by atoms with E-state index in [1.54, 1.807) is 9.80 Å². The summed E-state index contributed by atoms with van der Waals surface area (Å²) in [5.41, 5.74) is 0.547. The molecule has 2 amide bonds. The van der Waals surface area contributed by atoms with Crippen molar-refractivity contribution in [3.8, 4) is 0 Å². The molecule has 2 atom stereocenters. The van der Waals surface area contributed by atoms with Crippen molar-refractivity contribution in [1.82, 2.24) is 24.8 Å². The van der Waals surface area contributed by atoms with Gasteiger partial charge >= 0.3 is 0 Å². The minimum Gasteiger partial charge on any atom is -0.335 e. The summed E-state index contributed by atoms with van der Waals surface area (Å²) in [6, 6.07) is 1.11. The Morgan fingerprint density at radius 2 is 1.88 bits per heavy atom. The van der Waals surface area contributed by atoms with Crippen molar-refractivity contribution in [3.63, 3.8) is 0 Å². The van der Waals surface area contributed by atoms with Gasteiger partial charge in [-0.05, 0) is 24.8 Å². The zero-order chi connectivity index (χ0) is 18.1. The highest BCUT2D eigenvalue weighted by molar-refractivity contribution is 5.95. The summed E-state index contributed by atoms with van der Waals surface area (Å²) in [5, 5.41) is 0. The maximum absolute atomic E-state index is 13.4. The Morgan fingerprint density at radius 3 is 2.65 bits per heavy atom. The first-order valence-corrected chi connectivity index (χ1v) is 8.58. The Kier molecular flexibility index (Phi) is 4.32. The molecule has 5 heterocycles. The van der Waals surface area contributed by atoms with Crippen LogP contribution in [0, 0.1) is 11.7 Å². The fourth-order valence-corrected chi connectivity index (χ4v) is 3.76. The van der Waals surface area contributed by atoms with Gasteiger partial charge in [0.15, 0.2) is 0 Å². The molecule has 0 aliphatic carbocycles. The first kappa shape index (κ1) is 16.6. The fraction of sp³-hybridized carbons (Fsp3) is 0.389. The number of amides is 2. The largest absolute Gasteiger partial charge is 0.335 e. The summed E-state index contributed by atoms with van der Waals surface area (Å²) in [7, 11) is 0. The lowest BCUT2D eigenvalue weighted by atomic mass is 9.94. The van der Waals surface area contributed by atoms with Crippen molar-refractivity contribution in [2.75, 3.05) is 19.6 Å². The van der Waals surface area contributed by atoms with E-state index in [0.29, 0.717) is 25.3 Å². The molecule has 7 nitrogen and oxygen atoms in total. The average Bonchev–Trinajstić information content (AvgIpc) is 2.99. The van der Waals surface area contributed by atoms with Crippen molar-refractivity contribution >= 4 is 11.8 Å². The zero-order valence-electron chi connectivity index (χ0n) is 14.1. The molecule has 0 radical (unpaired) electrons. The molecule has 3 saturated heterocycles. The van der Waals surface area contributed by atoms with Gasteiger partial charge < -0.3 is 9.80 Å². The third kappa shape index (κ3) is 3.14. The fourth-order valence-electron chi connectivity index (χ4n) is 3.76. The summed E-state index contributed by atoms with van der Waals surface area (Å²) >= 11 is 0. The van der Waals surface area contributed by atoms with Crippen LogP contribution in [0.3, 0.4) is 0 Å². The number of carbonyl (C=O) groups is 2.